The number of benzene rings is 2. The third-order valence-corrected chi connectivity index (χ3v) is 3.43. The highest BCUT2D eigenvalue weighted by Crippen LogP contribution is 2.24. The van der Waals surface area contributed by atoms with Crippen LogP contribution in [0.3, 0.4) is 0 Å². The van der Waals surface area contributed by atoms with Crippen LogP contribution in [0.4, 0.5) is 0 Å². The summed E-state index contributed by atoms with van der Waals surface area (Å²) in [6.45, 7) is 2.14. The van der Waals surface area contributed by atoms with Gasteiger partial charge in [-0.25, -0.2) is 0 Å². The molecule has 0 spiro atoms. The Morgan fingerprint density at radius 2 is 1.78 bits per heavy atom. The van der Waals surface area contributed by atoms with Gasteiger partial charge in [0.1, 0.15) is 11.5 Å². The van der Waals surface area contributed by atoms with E-state index in [0.29, 0.717) is 0 Å². The van der Waals surface area contributed by atoms with Crippen molar-refractivity contribution in [3.8, 4) is 11.5 Å². The predicted octanol–water partition coefficient (Wildman–Crippen LogP) is 5.11. The van der Waals surface area contributed by atoms with Crippen molar-refractivity contribution in [2.75, 3.05) is 5.33 Å². The van der Waals surface area contributed by atoms with Gasteiger partial charge in [-0.3, -0.25) is 0 Å². The van der Waals surface area contributed by atoms with E-state index in [-0.39, 0.29) is 0 Å². The molecule has 0 N–H and O–H groups in total. The van der Waals surface area contributed by atoms with Crippen molar-refractivity contribution in [1.29, 1.82) is 0 Å². The minimum absolute atomic E-state index is 0.880. The van der Waals surface area contributed by atoms with Gasteiger partial charge < -0.3 is 4.74 Å². The highest BCUT2D eigenvalue weighted by Gasteiger charge is 2.02. The van der Waals surface area contributed by atoms with E-state index in [1.165, 1.54) is 17.5 Å². The molecule has 0 aliphatic rings. The zero-order valence-electron chi connectivity index (χ0n) is 10.5. The van der Waals surface area contributed by atoms with Crippen molar-refractivity contribution in [3.63, 3.8) is 0 Å². The van der Waals surface area contributed by atoms with E-state index < -0.39 is 0 Å². The van der Waals surface area contributed by atoms with Crippen molar-refractivity contribution in [1.82, 2.24) is 0 Å². The Bertz CT molecular complexity index is 494. The van der Waals surface area contributed by atoms with Gasteiger partial charge in [-0.15, -0.1) is 0 Å². The molecule has 0 aliphatic carbocycles. The van der Waals surface area contributed by atoms with E-state index in [2.05, 4.69) is 35.0 Å². The van der Waals surface area contributed by atoms with E-state index in [0.717, 1.165) is 23.2 Å². The minimum Gasteiger partial charge on any atom is -0.457 e. The van der Waals surface area contributed by atoms with Crippen LogP contribution in [0.5, 0.6) is 11.5 Å². The van der Waals surface area contributed by atoms with E-state index in [1.807, 2.05) is 36.4 Å². The maximum atomic E-state index is 5.81. The Labute approximate surface area is 117 Å². The van der Waals surface area contributed by atoms with Crippen LogP contribution in [0.15, 0.2) is 48.5 Å². The molecule has 2 aromatic carbocycles. The molecule has 0 unspecified atom stereocenters. The number of ether oxygens (including phenoxy) is 1. The molecule has 0 fully saturated rings. The van der Waals surface area contributed by atoms with Crippen molar-refractivity contribution in [3.05, 3.63) is 59.7 Å². The predicted molar refractivity (Wildman–Crippen MR) is 79.8 cm³/mol. The summed E-state index contributed by atoms with van der Waals surface area (Å²) in [5.74, 6) is 1.78. The smallest absolute Gasteiger partial charge is 0.127 e. The fourth-order valence-corrected chi connectivity index (χ4v) is 2.17. The molecule has 2 aromatic rings. The van der Waals surface area contributed by atoms with Crippen LogP contribution in [0.1, 0.15) is 17.5 Å². The molecule has 94 valence electrons. The Balaban J connectivity index is 2.09. The molecule has 0 radical (unpaired) electrons. The maximum Gasteiger partial charge on any atom is 0.127 e. The van der Waals surface area contributed by atoms with Gasteiger partial charge in [-0.05, 0) is 55.2 Å². The SMILES string of the molecule is Cc1cc(Oc2ccccc2)ccc1CCCBr. The Morgan fingerprint density at radius 1 is 1.00 bits per heavy atom. The average molecular weight is 305 g/mol. The lowest BCUT2D eigenvalue weighted by Gasteiger charge is -2.09. The Hall–Kier alpha value is -1.28. The van der Waals surface area contributed by atoms with Crippen LogP contribution in [-0.2, 0) is 6.42 Å². The van der Waals surface area contributed by atoms with E-state index in [4.69, 9.17) is 4.74 Å². The van der Waals surface area contributed by atoms with Crippen LogP contribution >= 0.6 is 15.9 Å². The second kappa shape index (κ2) is 6.60. The van der Waals surface area contributed by atoms with Gasteiger partial charge in [-0.1, -0.05) is 40.2 Å². The Kier molecular flexibility index (Phi) is 4.82. The van der Waals surface area contributed by atoms with Crippen LogP contribution < -0.4 is 4.74 Å². The lowest BCUT2D eigenvalue weighted by Crippen LogP contribution is -1.92. The first kappa shape index (κ1) is 13.2. The van der Waals surface area contributed by atoms with Crippen LogP contribution in [0.2, 0.25) is 0 Å². The van der Waals surface area contributed by atoms with E-state index in [9.17, 15) is 0 Å². The molecule has 0 atom stereocenters. The number of aryl methyl sites for hydroxylation is 2. The molecular formula is C16H17BrO. The first-order valence-corrected chi connectivity index (χ1v) is 7.30. The number of para-hydroxylation sites is 1. The van der Waals surface area contributed by atoms with Crippen molar-refractivity contribution in [2.45, 2.75) is 19.8 Å². The Morgan fingerprint density at radius 3 is 2.44 bits per heavy atom. The summed E-state index contributed by atoms with van der Waals surface area (Å²) in [5.41, 5.74) is 2.69. The molecule has 0 saturated heterocycles. The van der Waals surface area contributed by atoms with Crippen LogP contribution in [0.25, 0.3) is 0 Å². The molecule has 2 rings (SSSR count). The molecule has 0 aromatic heterocycles. The lowest BCUT2D eigenvalue weighted by molar-refractivity contribution is 0.482. The third kappa shape index (κ3) is 3.61. The monoisotopic (exact) mass is 304 g/mol. The molecular weight excluding hydrogens is 288 g/mol. The molecule has 18 heavy (non-hydrogen) atoms. The summed E-state index contributed by atoms with van der Waals surface area (Å²) in [7, 11) is 0. The van der Waals surface area contributed by atoms with E-state index >= 15 is 0 Å². The van der Waals surface area contributed by atoms with Gasteiger partial charge in [0.25, 0.3) is 0 Å². The topological polar surface area (TPSA) is 9.23 Å². The highest BCUT2D eigenvalue weighted by atomic mass is 79.9. The minimum atomic E-state index is 0.880. The largest absolute Gasteiger partial charge is 0.457 e. The molecule has 2 heteroatoms. The van der Waals surface area contributed by atoms with Gasteiger partial charge in [0.05, 0.1) is 0 Å². The number of hydrogen-bond donors (Lipinski definition) is 0. The molecule has 1 nitrogen and oxygen atoms in total. The van der Waals surface area contributed by atoms with Gasteiger partial charge in [-0.2, -0.15) is 0 Å². The van der Waals surface area contributed by atoms with Gasteiger partial charge in [0.2, 0.25) is 0 Å². The molecule has 0 aliphatic heterocycles. The summed E-state index contributed by atoms with van der Waals surface area (Å²) < 4.78 is 5.81. The first-order chi connectivity index (χ1) is 8.79. The van der Waals surface area contributed by atoms with Crippen LogP contribution in [-0.4, -0.2) is 5.33 Å². The second-order valence-corrected chi connectivity index (χ2v) is 5.09. The fourth-order valence-electron chi connectivity index (χ4n) is 1.89. The zero-order chi connectivity index (χ0) is 12.8. The third-order valence-electron chi connectivity index (χ3n) is 2.87. The average Bonchev–Trinajstić information content (AvgIpc) is 2.39. The molecule has 0 amide bonds. The normalized spacial score (nSPS) is 10.3. The lowest BCUT2D eigenvalue weighted by atomic mass is 10.0. The second-order valence-electron chi connectivity index (χ2n) is 4.30. The van der Waals surface area contributed by atoms with Crippen molar-refractivity contribution in [2.24, 2.45) is 0 Å². The standard InChI is InChI=1S/C16H17BrO/c1-13-12-16(10-9-14(13)6-5-11-17)18-15-7-3-2-4-8-15/h2-4,7-10,12H,5-6,11H2,1H3. The van der Waals surface area contributed by atoms with Crippen molar-refractivity contribution < 1.29 is 4.74 Å². The summed E-state index contributed by atoms with van der Waals surface area (Å²) in [6, 6.07) is 16.2. The number of halogens is 1. The van der Waals surface area contributed by atoms with Gasteiger partial charge >= 0.3 is 0 Å². The number of alkyl halides is 1. The van der Waals surface area contributed by atoms with Crippen molar-refractivity contribution >= 4 is 15.9 Å². The summed E-state index contributed by atoms with van der Waals surface area (Å²) in [6.07, 6.45) is 2.28. The molecule has 0 heterocycles. The number of rotatable bonds is 5. The maximum absolute atomic E-state index is 5.81. The van der Waals surface area contributed by atoms with Gasteiger partial charge in [0.15, 0.2) is 0 Å². The summed E-state index contributed by atoms with van der Waals surface area (Å²) in [5, 5.41) is 1.05. The quantitative estimate of drug-likeness (QED) is 0.697. The van der Waals surface area contributed by atoms with Crippen LogP contribution in [0, 0.1) is 6.92 Å². The highest BCUT2D eigenvalue weighted by molar-refractivity contribution is 9.09. The first-order valence-electron chi connectivity index (χ1n) is 6.18. The summed E-state index contributed by atoms with van der Waals surface area (Å²) >= 11 is 3.47. The summed E-state index contributed by atoms with van der Waals surface area (Å²) in [4.78, 5) is 0. The fraction of sp³-hybridized carbons (Fsp3) is 0.250. The van der Waals surface area contributed by atoms with Gasteiger partial charge in [0, 0.05) is 5.33 Å². The van der Waals surface area contributed by atoms with E-state index in [1.54, 1.807) is 0 Å². The molecule has 0 saturated carbocycles. The number of hydrogen-bond acceptors (Lipinski definition) is 1. The molecule has 0 bridgehead atoms. The zero-order valence-corrected chi connectivity index (χ0v) is 12.1.